The van der Waals surface area contributed by atoms with Crippen molar-refractivity contribution in [1.29, 1.82) is 0 Å². The van der Waals surface area contributed by atoms with Gasteiger partial charge in [0.1, 0.15) is 0 Å². The van der Waals surface area contributed by atoms with Crippen molar-refractivity contribution in [2.45, 2.75) is 26.8 Å². The zero-order valence-corrected chi connectivity index (χ0v) is 18.3. The number of allylic oxidation sites excluding steroid dienone is 1. The second-order valence-corrected chi connectivity index (χ2v) is 8.20. The van der Waals surface area contributed by atoms with E-state index in [1.165, 1.54) is 18.4 Å². The van der Waals surface area contributed by atoms with E-state index in [0.29, 0.717) is 20.6 Å². The lowest BCUT2D eigenvalue weighted by Gasteiger charge is -2.24. The first-order chi connectivity index (χ1) is 14.3. The first-order valence-corrected chi connectivity index (χ1v) is 10.3. The topological polar surface area (TPSA) is 78.5 Å². The van der Waals surface area contributed by atoms with E-state index in [2.05, 4.69) is 10.1 Å². The molecule has 1 aromatic carbocycles. The van der Waals surface area contributed by atoms with Gasteiger partial charge in [-0.05, 0) is 32.4 Å². The van der Waals surface area contributed by atoms with Crippen LogP contribution in [0.4, 0.5) is 0 Å². The van der Waals surface area contributed by atoms with E-state index >= 15 is 0 Å². The van der Waals surface area contributed by atoms with E-state index in [4.69, 9.17) is 4.74 Å². The van der Waals surface area contributed by atoms with Gasteiger partial charge in [0.25, 0.3) is 5.56 Å². The van der Waals surface area contributed by atoms with E-state index in [0.717, 1.165) is 22.5 Å². The first-order valence-electron chi connectivity index (χ1n) is 9.49. The van der Waals surface area contributed by atoms with Gasteiger partial charge in [-0.3, -0.25) is 14.0 Å². The Kier molecular flexibility index (Phi) is 5.03. The smallest absolute Gasteiger partial charge is 0.338 e. The number of nitrogens with zero attached hydrogens (tertiary/aromatic N) is 4. The van der Waals surface area contributed by atoms with Crippen molar-refractivity contribution >= 4 is 23.4 Å². The van der Waals surface area contributed by atoms with Crippen LogP contribution in [0.2, 0.25) is 0 Å². The number of thiazole rings is 1. The molecule has 2 aromatic heterocycles. The molecular weight excluding hydrogens is 400 g/mol. The predicted octanol–water partition coefficient (Wildman–Crippen LogP) is 1.76. The number of rotatable bonds is 3. The Morgan fingerprint density at radius 1 is 1.20 bits per heavy atom. The predicted molar refractivity (Wildman–Crippen MR) is 115 cm³/mol. The summed E-state index contributed by atoms with van der Waals surface area (Å²) in [5, 5.41) is 4.43. The number of carbonyl (C=O) groups excluding carboxylic acids is 1. The van der Waals surface area contributed by atoms with Crippen LogP contribution in [0.3, 0.4) is 0 Å². The highest BCUT2D eigenvalue weighted by Crippen LogP contribution is 2.30. The Morgan fingerprint density at radius 2 is 1.90 bits per heavy atom. The standard InChI is InChI=1S/C22H22N4O3S/c1-12-16(14(3)25(4)24-12)11-17-20(27)26-19(15-9-7-6-8-10-15)18(21(28)29-5)13(2)23-22(26)30-17/h6-11,19H,1-5H3/t19-/m0/s1. The molecule has 7 nitrogen and oxygen atoms in total. The molecule has 0 aliphatic carbocycles. The fourth-order valence-corrected chi connectivity index (χ4v) is 4.80. The number of methoxy groups -OCH3 is 1. The molecule has 8 heteroatoms. The minimum absolute atomic E-state index is 0.191. The van der Waals surface area contributed by atoms with Crippen LogP contribution < -0.4 is 14.9 Å². The average molecular weight is 423 g/mol. The summed E-state index contributed by atoms with van der Waals surface area (Å²) in [5.41, 5.74) is 4.31. The fourth-order valence-electron chi connectivity index (χ4n) is 3.77. The van der Waals surface area contributed by atoms with Crippen molar-refractivity contribution in [1.82, 2.24) is 14.3 Å². The highest BCUT2D eigenvalue weighted by atomic mass is 32.1. The van der Waals surface area contributed by atoms with Crippen LogP contribution in [0.1, 0.15) is 35.5 Å². The summed E-state index contributed by atoms with van der Waals surface area (Å²) in [6.45, 7) is 5.66. The molecular formula is C22H22N4O3S. The van der Waals surface area contributed by atoms with Gasteiger partial charge in [-0.2, -0.15) is 5.10 Å². The van der Waals surface area contributed by atoms with Crippen LogP contribution >= 0.6 is 11.3 Å². The molecule has 0 saturated heterocycles. The number of hydrogen-bond acceptors (Lipinski definition) is 6. The summed E-state index contributed by atoms with van der Waals surface area (Å²) < 4.78 is 8.95. The number of fused-ring (bicyclic) bond motifs is 1. The highest BCUT2D eigenvalue weighted by molar-refractivity contribution is 7.07. The number of aryl methyl sites for hydroxylation is 2. The molecule has 3 aromatic rings. The summed E-state index contributed by atoms with van der Waals surface area (Å²) in [6, 6.07) is 8.89. The normalized spacial score (nSPS) is 16.4. The zero-order chi connectivity index (χ0) is 21.6. The maximum absolute atomic E-state index is 13.5. The summed E-state index contributed by atoms with van der Waals surface area (Å²) in [7, 11) is 3.21. The van der Waals surface area contributed by atoms with Gasteiger partial charge >= 0.3 is 5.97 Å². The number of hydrogen-bond donors (Lipinski definition) is 0. The van der Waals surface area contributed by atoms with Crippen LogP contribution in [0.15, 0.2) is 51.4 Å². The van der Waals surface area contributed by atoms with Crippen LogP contribution in [0, 0.1) is 13.8 Å². The summed E-state index contributed by atoms with van der Waals surface area (Å²) >= 11 is 1.31. The van der Waals surface area contributed by atoms with Crippen molar-refractivity contribution < 1.29 is 9.53 Å². The molecule has 0 radical (unpaired) electrons. The molecule has 1 aliphatic rings. The molecule has 0 unspecified atom stereocenters. The van der Waals surface area contributed by atoms with Gasteiger partial charge in [-0.15, -0.1) is 0 Å². The van der Waals surface area contributed by atoms with Crippen LogP contribution in [0.5, 0.6) is 0 Å². The van der Waals surface area contributed by atoms with E-state index in [-0.39, 0.29) is 5.56 Å². The third-order valence-corrected chi connectivity index (χ3v) is 6.37. The van der Waals surface area contributed by atoms with Gasteiger partial charge in [0.05, 0.1) is 34.6 Å². The van der Waals surface area contributed by atoms with E-state index < -0.39 is 12.0 Å². The molecule has 0 amide bonds. The molecule has 0 spiro atoms. The molecule has 0 fully saturated rings. The lowest BCUT2D eigenvalue weighted by molar-refractivity contribution is -0.136. The molecule has 1 atom stereocenters. The molecule has 4 rings (SSSR count). The quantitative estimate of drug-likeness (QED) is 0.603. The Bertz CT molecular complexity index is 1360. The number of benzene rings is 1. The molecule has 154 valence electrons. The molecule has 3 heterocycles. The Morgan fingerprint density at radius 3 is 2.50 bits per heavy atom. The highest BCUT2D eigenvalue weighted by Gasteiger charge is 2.32. The fraction of sp³-hybridized carbons (Fsp3) is 0.273. The monoisotopic (exact) mass is 422 g/mol. The SMILES string of the molecule is COC(=O)C1=C(C)N=c2sc(=Cc3c(C)nn(C)c3C)c(=O)n2[C@H]1c1ccccc1. The van der Waals surface area contributed by atoms with Crippen LogP contribution in [-0.2, 0) is 16.6 Å². The van der Waals surface area contributed by atoms with Gasteiger partial charge in [0, 0.05) is 18.3 Å². The van der Waals surface area contributed by atoms with Crippen molar-refractivity contribution in [2.75, 3.05) is 7.11 Å². The lowest BCUT2D eigenvalue weighted by atomic mass is 9.96. The Balaban J connectivity index is 2.01. The van der Waals surface area contributed by atoms with E-state index in [1.54, 1.807) is 16.2 Å². The zero-order valence-electron chi connectivity index (χ0n) is 17.5. The lowest BCUT2D eigenvalue weighted by Crippen LogP contribution is -2.39. The number of aromatic nitrogens is 3. The maximum Gasteiger partial charge on any atom is 0.338 e. The second kappa shape index (κ2) is 7.53. The average Bonchev–Trinajstić information content (AvgIpc) is 3.17. The van der Waals surface area contributed by atoms with Gasteiger partial charge in [0.15, 0.2) is 4.80 Å². The summed E-state index contributed by atoms with van der Waals surface area (Å²) in [6.07, 6.45) is 1.86. The largest absolute Gasteiger partial charge is 0.466 e. The van der Waals surface area contributed by atoms with Crippen LogP contribution in [0.25, 0.3) is 6.08 Å². The van der Waals surface area contributed by atoms with E-state index in [9.17, 15) is 9.59 Å². The third-order valence-electron chi connectivity index (χ3n) is 5.38. The Labute approximate surface area is 177 Å². The first kappa shape index (κ1) is 20.0. The second-order valence-electron chi connectivity index (χ2n) is 7.19. The summed E-state index contributed by atoms with van der Waals surface area (Å²) in [5.74, 6) is -0.488. The van der Waals surface area contributed by atoms with Gasteiger partial charge < -0.3 is 4.74 Å². The molecule has 0 N–H and O–H groups in total. The van der Waals surface area contributed by atoms with Gasteiger partial charge in [-0.1, -0.05) is 41.7 Å². The minimum Gasteiger partial charge on any atom is -0.466 e. The van der Waals surface area contributed by atoms with E-state index in [1.807, 2.05) is 57.3 Å². The van der Waals surface area contributed by atoms with Crippen molar-refractivity contribution in [3.63, 3.8) is 0 Å². The summed E-state index contributed by atoms with van der Waals surface area (Å²) in [4.78, 5) is 31.2. The van der Waals surface area contributed by atoms with Crippen molar-refractivity contribution in [2.24, 2.45) is 12.0 Å². The van der Waals surface area contributed by atoms with Crippen molar-refractivity contribution in [3.05, 3.63) is 83.8 Å². The molecule has 0 saturated carbocycles. The van der Waals surface area contributed by atoms with Crippen molar-refractivity contribution in [3.8, 4) is 0 Å². The van der Waals surface area contributed by atoms with Gasteiger partial charge in [-0.25, -0.2) is 9.79 Å². The minimum atomic E-state index is -0.590. The molecule has 1 aliphatic heterocycles. The molecule has 30 heavy (non-hydrogen) atoms. The molecule has 0 bridgehead atoms. The number of carbonyl (C=O) groups is 1. The van der Waals surface area contributed by atoms with Crippen LogP contribution in [-0.4, -0.2) is 27.4 Å². The maximum atomic E-state index is 13.5. The van der Waals surface area contributed by atoms with Gasteiger partial charge in [0.2, 0.25) is 0 Å². The number of esters is 1. The number of ether oxygens (including phenoxy) is 1. The Hall–Kier alpha value is -3.26. The third kappa shape index (κ3) is 3.13.